The summed E-state index contributed by atoms with van der Waals surface area (Å²) in [5.41, 5.74) is 1.97. The molecule has 2 aliphatic rings. The quantitative estimate of drug-likeness (QED) is 0.713. The van der Waals surface area contributed by atoms with Crippen LogP contribution in [0.5, 0.6) is 0 Å². The van der Waals surface area contributed by atoms with Gasteiger partial charge in [-0.25, -0.2) is 4.79 Å². The van der Waals surface area contributed by atoms with Crippen molar-refractivity contribution in [3.63, 3.8) is 0 Å². The Kier molecular flexibility index (Phi) is 4.93. The van der Waals surface area contributed by atoms with Crippen molar-refractivity contribution in [1.29, 1.82) is 0 Å². The molecule has 0 aromatic heterocycles. The lowest BCUT2D eigenvalue weighted by Gasteiger charge is -2.23. The lowest BCUT2D eigenvalue weighted by molar-refractivity contribution is -0.119. The summed E-state index contributed by atoms with van der Waals surface area (Å²) in [5.74, 6) is 0.267. The number of hydrogen-bond donors (Lipinski definition) is 0. The van der Waals surface area contributed by atoms with Gasteiger partial charge in [-0.1, -0.05) is 41.6 Å². The third-order valence-corrected chi connectivity index (χ3v) is 5.89. The summed E-state index contributed by atoms with van der Waals surface area (Å²) >= 11 is 7.54. The third kappa shape index (κ3) is 3.59. The first-order chi connectivity index (χ1) is 13.0. The number of nitrogens with zero attached hydrogens (tertiary/aromatic N) is 2. The van der Waals surface area contributed by atoms with Gasteiger partial charge in [-0.2, -0.15) is 0 Å². The predicted molar refractivity (Wildman–Crippen MR) is 108 cm³/mol. The van der Waals surface area contributed by atoms with Crippen molar-refractivity contribution >= 4 is 46.1 Å². The maximum Gasteiger partial charge on any atom is 0.339 e. The Morgan fingerprint density at radius 2 is 2.00 bits per heavy atom. The Morgan fingerprint density at radius 1 is 1.26 bits per heavy atom. The zero-order valence-electron chi connectivity index (χ0n) is 14.6. The van der Waals surface area contributed by atoms with Crippen LogP contribution in [0.25, 0.3) is 0 Å². The van der Waals surface area contributed by atoms with E-state index in [-0.39, 0.29) is 24.3 Å². The summed E-state index contributed by atoms with van der Waals surface area (Å²) in [4.78, 5) is 31.4. The number of thioether (sulfide) groups is 1. The van der Waals surface area contributed by atoms with Gasteiger partial charge in [0, 0.05) is 16.3 Å². The molecule has 7 heteroatoms. The van der Waals surface area contributed by atoms with E-state index < -0.39 is 6.10 Å². The Hall–Kier alpha value is -2.31. The molecule has 0 spiro atoms. The van der Waals surface area contributed by atoms with Crippen molar-refractivity contribution in [2.24, 2.45) is 4.99 Å². The number of halogens is 1. The average molecular weight is 401 g/mol. The van der Waals surface area contributed by atoms with Gasteiger partial charge in [-0.15, -0.1) is 0 Å². The first kappa shape index (κ1) is 18.1. The molecular weight excluding hydrogens is 384 g/mol. The molecule has 2 aliphatic heterocycles. The van der Waals surface area contributed by atoms with Gasteiger partial charge < -0.3 is 4.74 Å². The normalized spacial score (nSPS) is 20.8. The number of carbonyl (C=O) groups is 2. The van der Waals surface area contributed by atoms with Gasteiger partial charge in [-0.05, 0) is 37.3 Å². The second-order valence-corrected chi connectivity index (χ2v) is 7.89. The van der Waals surface area contributed by atoms with Crippen LogP contribution < -0.4 is 4.90 Å². The number of fused-ring (bicyclic) bond motifs is 1. The second kappa shape index (κ2) is 7.37. The van der Waals surface area contributed by atoms with Gasteiger partial charge in [0.15, 0.2) is 5.17 Å². The van der Waals surface area contributed by atoms with Crippen molar-refractivity contribution in [3.05, 3.63) is 64.7 Å². The van der Waals surface area contributed by atoms with Gasteiger partial charge in [0.2, 0.25) is 5.91 Å². The van der Waals surface area contributed by atoms with Crippen LogP contribution >= 0.6 is 23.4 Å². The van der Waals surface area contributed by atoms with Crippen molar-refractivity contribution < 1.29 is 14.3 Å². The highest BCUT2D eigenvalue weighted by Gasteiger charge is 2.35. The molecule has 0 saturated carbocycles. The van der Waals surface area contributed by atoms with Gasteiger partial charge in [-0.3, -0.25) is 14.7 Å². The molecule has 1 amide bonds. The maximum atomic E-state index is 13.2. The second-order valence-electron chi connectivity index (χ2n) is 6.46. The molecule has 0 N–H and O–H groups in total. The number of ether oxygens (including phenoxy) is 1. The number of hydrogen-bond acceptors (Lipinski definition) is 5. The van der Waals surface area contributed by atoms with E-state index in [9.17, 15) is 9.59 Å². The van der Waals surface area contributed by atoms with E-state index in [0.717, 1.165) is 11.3 Å². The molecule has 2 heterocycles. The van der Waals surface area contributed by atoms with Crippen LogP contribution in [0, 0.1) is 0 Å². The number of amidine groups is 1. The zero-order chi connectivity index (χ0) is 19.0. The SMILES string of the molecule is C[C@H]1CSC(N(C(=O)C[C@@H]2OC(=O)c3ccccc32)c2ccc(Cl)cc2)=N1. The molecule has 0 bridgehead atoms. The average Bonchev–Trinajstić information content (AvgIpc) is 3.21. The molecule has 0 fully saturated rings. The highest BCUT2D eigenvalue weighted by molar-refractivity contribution is 8.14. The minimum absolute atomic E-state index is 0.0549. The van der Waals surface area contributed by atoms with Crippen molar-refractivity contribution in [1.82, 2.24) is 0 Å². The van der Waals surface area contributed by atoms with Crippen LogP contribution in [0.1, 0.15) is 35.4 Å². The van der Waals surface area contributed by atoms with Crippen LogP contribution in [-0.4, -0.2) is 28.8 Å². The molecule has 0 aliphatic carbocycles. The fourth-order valence-electron chi connectivity index (χ4n) is 3.15. The predicted octanol–water partition coefficient (Wildman–Crippen LogP) is 4.47. The van der Waals surface area contributed by atoms with Crippen molar-refractivity contribution in [2.75, 3.05) is 10.7 Å². The van der Waals surface area contributed by atoms with E-state index in [4.69, 9.17) is 16.3 Å². The molecule has 0 saturated heterocycles. The number of rotatable bonds is 3. The Balaban J connectivity index is 1.63. The smallest absolute Gasteiger partial charge is 0.339 e. The summed E-state index contributed by atoms with van der Waals surface area (Å²) in [6.45, 7) is 2.01. The van der Waals surface area contributed by atoms with Crippen LogP contribution in [0.2, 0.25) is 5.02 Å². The highest BCUT2D eigenvalue weighted by Crippen LogP contribution is 2.35. The number of amides is 1. The van der Waals surface area contributed by atoms with Crippen molar-refractivity contribution in [2.45, 2.75) is 25.5 Å². The Labute approximate surface area is 166 Å². The van der Waals surface area contributed by atoms with E-state index in [0.29, 0.717) is 21.4 Å². The number of carbonyl (C=O) groups excluding carboxylic acids is 2. The minimum atomic E-state index is -0.583. The first-order valence-corrected chi connectivity index (χ1v) is 9.98. The molecule has 2 aromatic rings. The number of esters is 1. The minimum Gasteiger partial charge on any atom is -0.453 e. The first-order valence-electron chi connectivity index (χ1n) is 8.62. The van der Waals surface area contributed by atoms with Crippen LogP contribution in [0.3, 0.4) is 0 Å². The summed E-state index contributed by atoms with van der Waals surface area (Å²) in [6.07, 6.45) is -0.528. The Morgan fingerprint density at radius 3 is 2.70 bits per heavy atom. The van der Waals surface area contributed by atoms with Gasteiger partial charge in [0.1, 0.15) is 6.10 Å². The van der Waals surface area contributed by atoms with Gasteiger partial charge in [0.25, 0.3) is 0 Å². The van der Waals surface area contributed by atoms with E-state index in [1.165, 1.54) is 0 Å². The number of benzene rings is 2. The largest absolute Gasteiger partial charge is 0.453 e. The molecule has 5 nitrogen and oxygen atoms in total. The molecule has 0 radical (unpaired) electrons. The standard InChI is InChI=1S/C20H17ClN2O3S/c1-12-11-27-20(22-12)23(14-8-6-13(21)7-9-14)18(24)10-17-15-4-2-3-5-16(15)19(25)26-17/h2-9,12,17H,10-11H2,1H3/t12-,17-/m0/s1. The van der Waals surface area contributed by atoms with E-state index in [1.807, 2.05) is 19.1 Å². The fraction of sp³-hybridized carbons (Fsp3) is 0.250. The third-order valence-electron chi connectivity index (χ3n) is 4.45. The Bertz CT molecular complexity index is 929. The topological polar surface area (TPSA) is 59.0 Å². The summed E-state index contributed by atoms with van der Waals surface area (Å²) in [7, 11) is 0. The zero-order valence-corrected chi connectivity index (χ0v) is 16.2. The lowest BCUT2D eigenvalue weighted by Crippen LogP contribution is -2.35. The van der Waals surface area contributed by atoms with Crippen molar-refractivity contribution in [3.8, 4) is 0 Å². The van der Waals surface area contributed by atoms with E-state index in [2.05, 4.69) is 4.99 Å². The molecule has 0 unspecified atom stereocenters. The maximum absolute atomic E-state index is 13.2. The monoisotopic (exact) mass is 400 g/mol. The molecule has 2 atom stereocenters. The number of cyclic esters (lactones) is 1. The van der Waals surface area contributed by atoms with E-state index in [1.54, 1.807) is 53.1 Å². The van der Waals surface area contributed by atoms with Crippen LogP contribution in [0.4, 0.5) is 5.69 Å². The van der Waals surface area contributed by atoms with Crippen LogP contribution in [0.15, 0.2) is 53.5 Å². The van der Waals surface area contributed by atoms with E-state index >= 15 is 0 Å². The summed E-state index contributed by atoms with van der Waals surface area (Å²) in [6, 6.07) is 14.4. The van der Waals surface area contributed by atoms with Gasteiger partial charge in [0.05, 0.1) is 23.7 Å². The van der Waals surface area contributed by atoms with Gasteiger partial charge >= 0.3 is 5.97 Å². The lowest BCUT2D eigenvalue weighted by atomic mass is 10.0. The molecular formula is C20H17ClN2O3S. The molecule has 138 valence electrons. The summed E-state index contributed by atoms with van der Waals surface area (Å²) < 4.78 is 5.44. The molecule has 2 aromatic carbocycles. The van der Waals surface area contributed by atoms with Crippen LogP contribution in [-0.2, 0) is 9.53 Å². The number of aliphatic imine (C=N–C) groups is 1. The molecule has 27 heavy (non-hydrogen) atoms. The fourth-order valence-corrected chi connectivity index (χ4v) is 4.33. The highest BCUT2D eigenvalue weighted by atomic mass is 35.5. The number of anilines is 1. The summed E-state index contributed by atoms with van der Waals surface area (Å²) in [5, 5.41) is 1.26. The molecule has 4 rings (SSSR count).